The van der Waals surface area contributed by atoms with Crippen molar-refractivity contribution < 1.29 is 19.7 Å². The molecule has 3 N–H and O–H groups in total. The summed E-state index contributed by atoms with van der Waals surface area (Å²) >= 11 is 5.50. The van der Waals surface area contributed by atoms with Crippen LogP contribution in [0, 0.1) is 17.2 Å². The van der Waals surface area contributed by atoms with Crippen LogP contribution in [0.2, 0.25) is 0 Å². The fourth-order valence-corrected chi connectivity index (χ4v) is 4.73. The van der Waals surface area contributed by atoms with E-state index in [9.17, 15) is 20.3 Å². The van der Waals surface area contributed by atoms with Gasteiger partial charge in [-0.15, -0.1) is 0 Å². The molecule has 1 saturated carbocycles. The quantitative estimate of drug-likeness (QED) is 0.573. The zero-order valence-corrected chi connectivity index (χ0v) is 16.0. The van der Waals surface area contributed by atoms with Crippen LogP contribution in [0.4, 0.5) is 5.69 Å². The molecule has 2 aliphatic heterocycles. The molecule has 1 aromatic rings. The van der Waals surface area contributed by atoms with Gasteiger partial charge in [-0.3, -0.25) is 4.79 Å². The Labute approximate surface area is 168 Å². The minimum absolute atomic E-state index is 0.0720. The van der Waals surface area contributed by atoms with Crippen LogP contribution < -0.4 is 10.2 Å². The predicted octanol–water partition coefficient (Wildman–Crippen LogP) is -0.410. The van der Waals surface area contributed by atoms with E-state index < -0.39 is 30.2 Å². The Balaban J connectivity index is 1.70. The van der Waals surface area contributed by atoms with E-state index in [4.69, 9.17) is 17.0 Å². The highest BCUT2D eigenvalue weighted by Crippen LogP contribution is 2.37. The number of thiocarbonyl (C=S) groups is 1. The van der Waals surface area contributed by atoms with E-state index in [1.165, 1.54) is 0 Å². The van der Waals surface area contributed by atoms with Crippen molar-refractivity contribution in [2.75, 3.05) is 31.2 Å². The third kappa shape index (κ3) is 3.22. The Kier molecular flexibility index (Phi) is 5.21. The summed E-state index contributed by atoms with van der Waals surface area (Å²) in [4.78, 5) is 16.8. The maximum Gasteiger partial charge on any atom is 0.228 e. The number of aliphatic hydroxyl groups is 2. The van der Waals surface area contributed by atoms with Crippen molar-refractivity contribution in [2.45, 2.75) is 30.7 Å². The van der Waals surface area contributed by atoms with Gasteiger partial charge >= 0.3 is 0 Å². The SMILES string of the molecule is N#Cc1cccc(N2C(=S)NC3C(O)C(O)CC(C(=O)N4CCOCC4)C32)c1. The van der Waals surface area contributed by atoms with E-state index in [-0.39, 0.29) is 12.3 Å². The van der Waals surface area contributed by atoms with Crippen molar-refractivity contribution in [2.24, 2.45) is 5.92 Å². The molecule has 28 heavy (non-hydrogen) atoms. The monoisotopic (exact) mass is 402 g/mol. The van der Waals surface area contributed by atoms with Gasteiger partial charge in [-0.25, -0.2) is 0 Å². The van der Waals surface area contributed by atoms with Gasteiger partial charge in [0, 0.05) is 18.8 Å². The Hall–Kier alpha value is -2.25. The van der Waals surface area contributed by atoms with Crippen molar-refractivity contribution in [3.63, 3.8) is 0 Å². The second kappa shape index (κ2) is 7.64. The lowest BCUT2D eigenvalue weighted by atomic mass is 9.77. The fraction of sp³-hybridized carbons (Fsp3) is 0.526. The van der Waals surface area contributed by atoms with Crippen LogP contribution in [0.1, 0.15) is 12.0 Å². The van der Waals surface area contributed by atoms with Gasteiger partial charge in [-0.2, -0.15) is 5.26 Å². The van der Waals surface area contributed by atoms with Gasteiger partial charge in [0.2, 0.25) is 5.91 Å². The lowest BCUT2D eigenvalue weighted by Gasteiger charge is -2.43. The van der Waals surface area contributed by atoms with Gasteiger partial charge in [0.15, 0.2) is 5.11 Å². The van der Waals surface area contributed by atoms with Crippen molar-refractivity contribution in [1.29, 1.82) is 5.26 Å². The second-order valence-electron chi connectivity index (χ2n) is 7.34. The first kappa shape index (κ1) is 19.1. The summed E-state index contributed by atoms with van der Waals surface area (Å²) in [5.74, 6) is -0.614. The van der Waals surface area contributed by atoms with Crippen LogP contribution in [0.3, 0.4) is 0 Å². The summed E-state index contributed by atoms with van der Waals surface area (Å²) in [7, 11) is 0. The summed E-state index contributed by atoms with van der Waals surface area (Å²) in [5.41, 5.74) is 1.17. The standard InChI is InChI=1S/C19H22N4O4S/c20-10-11-2-1-3-12(8-11)23-16-13(18(26)22-4-6-27-7-5-22)9-14(24)17(25)15(16)21-19(23)28/h1-3,8,13-17,24-25H,4-7,9H2,(H,21,28). The Morgan fingerprint density at radius 1 is 1.32 bits per heavy atom. The molecule has 0 aromatic heterocycles. The summed E-state index contributed by atoms with van der Waals surface area (Å²) < 4.78 is 5.34. The van der Waals surface area contributed by atoms with Crippen LogP contribution in [-0.2, 0) is 9.53 Å². The number of anilines is 1. The highest BCUT2D eigenvalue weighted by molar-refractivity contribution is 7.80. The highest BCUT2D eigenvalue weighted by atomic mass is 32.1. The molecule has 8 nitrogen and oxygen atoms in total. The predicted molar refractivity (Wildman–Crippen MR) is 104 cm³/mol. The first-order chi connectivity index (χ1) is 13.5. The molecule has 148 valence electrons. The molecule has 0 bridgehead atoms. The lowest BCUT2D eigenvalue weighted by molar-refractivity contribution is -0.145. The van der Waals surface area contributed by atoms with Crippen molar-refractivity contribution in [1.82, 2.24) is 10.2 Å². The number of hydrogen-bond acceptors (Lipinski definition) is 6. The third-order valence-electron chi connectivity index (χ3n) is 5.74. The molecule has 5 atom stereocenters. The number of nitrogens with zero attached hydrogens (tertiary/aromatic N) is 3. The Bertz CT molecular complexity index is 822. The van der Waals surface area contributed by atoms with Gasteiger partial charge in [0.05, 0.1) is 49.0 Å². The van der Waals surface area contributed by atoms with Crippen LogP contribution in [-0.4, -0.2) is 76.7 Å². The molecule has 3 fully saturated rings. The number of nitriles is 1. The number of nitrogens with one attached hydrogen (secondary N) is 1. The van der Waals surface area contributed by atoms with Crippen LogP contribution in [0.5, 0.6) is 0 Å². The van der Waals surface area contributed by atoms with Gasteiger partial charge in [0.1, 0.15) is 6.10 Å². The van der Waals surface area contributed by atoms with Crippen molar-refractivity contribution in [3.8, 4) is 6.07 Å². The van der Waals surface area contributed by atoms with Crippen LogP contribution in [0.25, 0.3) is 0 Å². The molecule has 2 saturated heterocycles. The second-order valence-corrected chi connectivity index (χ2v) is 7.72. The number of carbonyl (C=O) groups is 1. The van der Waals surface area contributed by atoms with Crippen LogP contribution >= 0.6 is 12.2 Å². The third-order valence-corrected chi connectivity index (χ3v) is 6.05. The van der Waals surface area contributed by atoms with Gasteiger partial charge in [-0.1, -0.05) is 6.07 Å². The maximum absolute atomic E-state index is 13.3. The maximum atomic E-state index is 13.3. The Morgan fingerprint density at radius 3 is 2.79 bits per heavy atom. The zero-order valence-electron chi connectivity index (χ0n) is 15.2. The molecule has 1 aromatic carbocycles. The average molecular weight is 402 g/mol. The minimum Gasteiger partial charge on any atom is -0.390 e. The van der Waals surface area contributed by atoms with Gasteiger partial charge < -0.3 is 30.1 Å². The number of ether oxygens (including phenoxy) is 1. The average Bonchev–Trinajstić information content (AvgIpc) is 3.08. The smallest absolute Gasteiger partial charge is 0.228 e. The fourth-order valence-electron chi connectivity index (χ4n) is 4.37. The number of rotatable bonds is 2. The van der Waals surface area contributed by atoms with E-state index in [1.54, 1.807) is 28.0 Å². The van der Waals surface area contributed by atoms with Crippen molar-refractivity contribution >= 4 is 28.9 Å². The van der Waals surface area contributed by atoms with E-state index >= 15 is 0 Å². The molecule has 4 rings (SSSR count). The van der Waals surface area contributed by atoms with E-state index in [1.807, 2.05) is 6.07 Å². The summed E-state index contributed by atoms with van der Waals surface area (Å²) in [5, 5.41) is 33.6. The van der Waals surface area contributed by atoms with E-state index in [2.05, 4.69) is 11.4 Å². The van der Waals surface area contributed by atoms with E-state index in [0.717, 1.165) is 0 Å². The van der Waals surface area contributed by atoms with Gasteiger partial charge in [-0.05, 0) is 36.8 Å². The normalized spacial score (nSPS) is 32.5. The molecule has 2 heterocycles. The Morgan fingerprint density at radius 2 is 2.07 bits per heavy atom. The number of morpholine rings is 1. The minimum atomic E-state index is -1.04. The molecule has 0 radical (unpaired) electrons. The van der Waals surface area contributed by atoms with Crippen LogP contribution in [0.15, 0.2) is 24.3 Å². The number of benzene rings is 1. The molecule has 9 heteroatoms. The highest BCUT2D eigenvalue weighted by Gasteiger charge is 2.54. The number of fused-ring (bicyclic) bond motifs is 1. The molecule has 0 spiro atoms. The zero-order chi connectivity index (χ0) is 19.8. The largest absolute Gasteiger partial charge is 0.390 e. The van der Waals surface area contributed by atoms with Gasteiger partial charge in [0.25, 0.3) is 0 Å². The number of hydrogen-bond donors (Lipinski definition) is 3. The molecular weight excluding hydrogens is 380 g/mol. The first-order valence-electron chi connectivity index (χ1n) is 9.34. The lowest BCUT2D eigenvalue weighted by Crippen LogP contribution is -2.61. The molecular formula is C19H22N4O4S. The summed E-state index contributed by atoms with van der Waals surface area (Å²) in [6.07, 6.45) is -1.91. The molecule has 5 unspecified atom stereocenters. The summed E-state index contributed by atoms with van der Waals surface area (Å²) in [6, 6.07) is 8.08. The molecule has 1 aliphatic carbocycles. The topological polar surface area (TPSA) is 109 Å². The number of carbonyl (C=O) groups excluding carboxylic acids is 1. The van der Waals surface area contributed by atoms with Crippen molar-refractivity contribution in [3.05, 3.63) is 29.8 Å². The summed E-state index contributed by atoms with van der Waals surface area (Å²) in [6.45, 7) is 1.99. The number of aliphatic hydroxyl groups excluding tert-OH is 2. The number of amides is 1. The molecule has 3 aliphatic rings. The molecule has 1 amide bonds. The first-order valence-corrected chi connectivity index (χ1v) is 9.74. The van der Waals surface area contributed by atoms with E-state index in [0.29, 0.717) is 42.7 Å².